The van der Waals surface area contributed by atoms with Gasteiger partial charge in [-0.05, 0) is 51.9 Å². The molecule has 1 aliphatic rings. The largest absolute Gasteiger partial charge is 0.478 e. The van der Waals surface area contributed by atoms with E-state index in [0.717, 1.165) is 25.9 Å². The summed E-state index contributed by atoms with van der Waals surface area (Å²) in [7, 11) is 0. The van der Waals surface area contributed by atoms with Gasteiger partial charge in [-0.2, -0.15) is 13.2 Å². The quantitative estimate of drug-likeness (QED) is 0.528. The molecule has 4 rings (SSSR count). The number of nitrogens with one attached hydrogen (secondary N) is 2. The van der Waals surface area contributed by atoms with Crippen molar-refractivity contribution in [3.05, 3.63) is 47.0 Å². The predicted molar refractivity (Wildman–Crippen MR) is 119 cm³/mol. The maximum Gasteiger partial charge on any atom is 0.422 e. The number of halogens is 4. The van der Waals surface area contributed by atoms with Crippen LogP contribution >= 0.6 is 11.6 Å². The predicted octanol–water partition coefficient (Wildman–Crippen LogP) is 4.30. The van der Waals surface area contributed by atoms with E-state index in [2.05, 4.69) is 20.6 Å². The van der Waals surface area contributed by atoms with E-state index in [1.165, 1.54) is 12.3 Å². The number of alkyl halides is 3. The van der Waals surface area contributed by atoms with Crippen LogP contribution < -0.4 is 20.1 Å². The summed E-state index contributed by atoms with van der Waals surface area (Å²) in [5, 5.41) is 6.44. The summed E-state index contributed by atoms with van der Waals surface area (Å²) in [6.07, 6.45) is -0.0702. The van der Waals surface area contributed by atoms with Crippen molar-refractivity contribution in [2.24, 2.45) is 0 Å². The highest BCUT2D eigenvalue weighted by molar-refractivity contribution is 6.30. The van der Waals surface area contributed by atoms with Gasteiger partial charge in [-0.3, -0.25) is 9.20 Å². The molecular weight excluding hydrogens is 475 g/mol. The fourth-order valence-electron chi connectivity index (χ4n) is 3.68. The second-order valence-electron chi connectivity index (χ2n) is 8.36. The number of piperidine rings is 1. The summed E-state index contributed by atoms with van der Waals surface area (Å²) >= 11 is 5.86. The van der Waals surface area contributed by atoms with Crippen LogP contribution in [0.3, 0.4) is 0 Å². The number of hydrogen-bond acceptors (Lipinski definition) is 6. The van der Waals surface area contributed by atoms with Gasteiger partial charge < -0.3 is 20.1 Å². The van der Waals surface area contributed by atoms with Crippen LogP contribution in [0.2, 0.25) is 5.02 Å². The maximum atomic E-state index is 12.8. The summed E-state index contributed by atoms with van der Waals surface area (Å²) in [5.41, 5.74) is 1.02. The van der Waals surface area contributed by atoms with E-state index in [1.807, 2.05) is 6.92 Å². The summed E-state index contributed by atoms with van der Waals surface area (Å²) in [4.78, 5) is 21.2. The third-order valence-electron chi connectivity index (χ3n) is 5.57. The summed E-state index contributed by atoms with van der Waals surface area (Å²) < 4.78 is 50.1. The van der Waals surface area contributed by atoms with Crippen molar-refractivity contribution >= 4 is 23.2 Å². The molecule has 1 fully saturated rings. The van der Waals surface area contributed by atoms with Crippen molar-refractivity contribution in [3.8, 4) is 17.4 Å². The number of rotatable bonds is 6. The number of carbonyl (C=O) groups excluding carboxylic acids is 1. The second-order valence-corrected chi connectivity index (χ2v) is 8.80. The van der Waals surface area contributed by atoms with E-state index in [4.69, 9.17) is 21.1 Å². The van der Waals surface area contributed by atoms with Crippen LogP contribution in [0.1, 0.15) is 35.9 Å². The molecule has 1 amide bonds. The molecule has 12 heteroatoms. The fourth-order valence-corrected chi connectivity index (χ4v) is 3.83. The number of aryl methyl sites for hydroxylation is 1. The van der Waals surface area contributed by atoms with E-state index >= 15 is 0 Å². The van der Waals surface area contributed by atoms with Crippen LogP contribution in [0.4, 0.5) is 13.2 Å². The Labute approximate surface area is 198 Å². The van der Waals surface area contributed by atoms with Crippen molar-refractivity contribution in [2.45, 2.75) is 38.4 Å². The standard InChI is InChI=1S/C22H23ClF3N5O3/c1-13-16(34-20-17(9-14(23)10-28-20)33-12-22(24,25)26)3-4-18-29-15(11-31(13)18)19(32)30-21(2)5-7-27-8-6-21/h3-4,9-11,27H,5-8,12H2,1-2H3,(H,30,32). The minimum absolute atomic E-state index is 0.101. The zero-order valence-electron chi connectivity index (χ0n) is 18.5. The number of aromatic nitrogens is 3. The molecule has 0 radical (unpaired) electrons. The van der Waals surface area contributed by atoms with Gasteiger partial charge in [-0.15, -0.1) is 0 Å². The lowest BCUT2D eigenvalue weighted by atomic mass is 9.90. The molecule has 0 aliphatic carbocycles. The number of pyridine rings is 2. The van der Waals surface area contributed by atoms with Crippen molar-refractivity contribution in [1.29, 1.82) is 0 Å². The lowest BCUT2D eigenvalue weighted by Gasteiger charge is -2.34. The average molecular weight is 498 g/mol. The molecule has 182 valence electrons. The number of fused-ring (bicyclic) bond motifs is 1. The summed E-state index contributed by atoms with van der Waals surface area (Å²) in [6, 6.07) is 4.43. The topological polar surface area (TPSA) is 89.8 Å². The molecule has 34 heavy (non-hydrogen) atoms. The Morgan fingerprint density at radius 1 is 1.29 bits per heavy atom. The number of amides is 1. The molecule has 1 saturated heterocycles. The highest BCUT2D eigenvalue weighted by Gasteiger charge is 2.30. The number of carbonyl (C=O) groups is 1. The molecule has 0 atom stereocenters. The normalized spacial score (nSPS) is 15.8. The Bertz CT molecular complexity index is 1210. The lowest BCUT2D eigenvalue weighted by molar-refractivity contribution is -0.153. The van der Waals surface area contributed by atoms with Gasteiger partial charge in [-0.1, -0.05) is 11.6 Å². The Morgan fingerprint density at radius 3 is 2.74 bits per heavy atom. The molecule has 3 aromatic rings. The molecule has 0 spiro atoms. The average Bonchev–Trinajstić information content (AvgIpc) is 3.21. The second kappa shape index (κ2) is 9.30. The Balaban J connectivity index is 1.57. The van der Waals surface area contributed by atoms with Gasteiger partial charge in [0.1, 0.15) is 17.1 Å². The highest BCUT2D eigenvalue weighted by Crippen LogP contribution is 2.34. The van der Waals surface area contributed by atoms with Crippen LogP contribution in [-0.4, -0.2) is 51.7 Å². The molecule has 4 heterocycles. The molecule has 0 aromatic carbocycles. The lowest BCUT2D eigenvalue weighted by Crippen LogP contribution is -2.52. The number of nitrogens with zero attached hydrogens (tertiary/aromatic N) is 3. The van der Waals surface area contributed by atoms with Gasteiger partial charge >= 0.3 is 6.18 Å². The van der Waals surface area contributed by atoms with Crippen molar-refractivity contribution in [1.82, 2.24) is 25.0 Å². The molecule has 2 N–H and O–H groups in total. The van der Waals surface area contributed by atoms with Gasteiger partial charge in [0.25, 0.3) is 11.8 Å². The van der Waals surface area contributed by atoms with E-state index < -0.39 is 12.8 Å². The third kappa shape index (κ3) is 5.53. The fraction of sp³-hybridized carbons (Fsp3) is 0.409. The molecule has 1 aliphatic heterocycles. The van der Waals surface area contributed by atoms with Gasteiger partial charge in [-0.25, -0.2) is 9.97 Å². The third-order valence-corrected chi connectivity index (χ3v) is 5.78. The summed E-state index contributed by atoms with van der Waals surface area (Å²) in [5.74, 6) is -0.399. The monoisotopic (exact) mass is 497 g/mol. The van der Waals surface area contributed by atoms with E-state index in [0.29, 0.717) is 17.1 Å². The Hall–Kier alpha value is -3.05. The van der Waals surface area contributed by atoms with Crippen LogP contribution in [0.15, 0.2) is 30.6 Å². The first-order chi connectivity index (χ1) is 16.0. The van der Waals surface area contributed by atoms with Crippen molar-refractivity contribution in [2.75, 3.05) is 19.7 Å². The zero-order chi connectivity index (χ0) is 24.5. The Kier molecular flexibility index (Phi) is 6.59. The van der Waals surface area contributed by atoms with E-state index in [1.54, 1.807) is 29.7 Å². The number of ether oxygens (including phenoxy) is 2. The van der Waals surface area contributed by atoms with Crippen LogP contribution in [0, 0.1) is 6.92 Å². The van der Waals surface area contributed by atoms with Crippen molar-refractivity contribution in [3.63, 3.8) is 0 Å². The number of hydrogen-bond donors (Lipinski definition) is 2. The minimum Gasteiger partial charge on any atom is -0.478 e. The van der Waals surface area contributed by atoms with Gasteiger partial charge in [0.05, 0.1) is 10.7 Å². The first-order valence-electron chi connectivity index (χ1n) is 10.6. The van der Waals surface area contributed by atoms with E-state index in [9.17, 15) is 18.0 Å². The summed E-state index contributed by atoms with van der Waals surface area (Å²) in [6.45, 7) is 3.88. The maximum absolute atomic E-state index is 12.8. The zero-order valence-corrected chi connectivity index (χ0v) is 19.3. The van der Waals surface area contributed by atoms with Crippen molar-refractivity contribution < 1.29 is 27.4 Å². The van der Waals surface area contributed by atoms with Crippen LogP contribution in [-0.2, 0) is 0 Å². The minimum atomic E-state index is -4.53. The molecule has 3 aromatic heterocycles. The smallest absolute Gasteiger partial charge is 0.422 e. The molecule has 0 saturated carbocycles. The molecule has 0 bridgehead atoms. The van der Waals surface area contributed by atoms with E-state index in [-0.39, 0.29) is 33.8 Å². The Morgan fingerprint density at radius 2 is 2.03 bits per heavy atom. The number of imidazole rings is 1. The van der Waals surface area contributed by atoms with Gasteiger partial charge in [0.15, 0.2) is 12.4 Å². The highest BCUT2D eigenvalue weighted by atomic mass is 35.5. The molecule has 0 unspecified atom stereocenters. The van der Waals surface area contributed by atoms with Gasteiger partial charge in [0.2, 0.25) is 0 Å². The first-order valence-corrected chi connectivity index (χ1v) is 11.0. The molecule has 8 nitrogen and oxygen atoms in total. The SMILES string of the molecule is Cc1c(Oc2ncc(Cl)cc2OCC(F)(F)F)ccc2nc(C(=O)NC3(C)CCNCC3)cn12. The first kappa shape index (κ1) is 24.1. The van der Waals surface area contributed by atoms with Crippen LogP contribution in [0.25, 0.3) is 5.65 Å². The van der Waals surface area contributed by atoms with Crippen LogP contribution in [0.5, 0.6) is 17.4 Å². The molecular formula is C22H23ClF3N5O3. The van der Waals surface area contributed by atoms with Gasteiger partial charge in [0, 0.05) is 24.0 Å².